The molecule has 0 unspecified atom stereocenters. The fraction of sp³-hybridized carbons (Fsp3) is 0.333. The summed E-state index contributed by atoms with van der Waals surface area (Å²) in [7, 11) is 1.63. The molecule has 0 aromatic heterocycles. The van der Waals surface area contributed by atoms with Gasteiger partial charge in [0.25, 0.3) is 5.91 Å². The third kappa shape index (κ3) is 1.66. The van der Waals surface area contributed by atoms with Crippen LogP contribution in [0.25, 0.3) is 0 Å². The number of rotatable bonds is 0. The summed E-state index contributed by atoms with van der Waals surface area (Å²) in [5.41, 5.74) is 3.30. The zero-order valence-electron chi connectivity index (χ0n) is 9.63. The van der Waals surface area contributed by atoms with Gasteiger partial charge in [0, 0.05) is 7.05 Å². The maximum Gasteiger partial charge on any atom is 0.256 e. The second-order valence-corrected chi connectivity index (χ2v) is 4.19. The smallest absolute Gasteiger partial charge is 0.256 e. The number of carbonyl (C=O) groups is 2. The molecule has 4 nitrogen and oxygen atoms in total. The Hall–Kier alpha value is -1.84. The van der Waals surface area contributed by atoms with Gasteiger partial charge in [0.05, 0.1) is 17.8 Å². The Morgan fingerprint density at radius 3 is 2.50 bits per heavy atom. The molecular weight excluding hydrogens is 204 g/mol. The van der Waals surface area contributed by atoms with E-state index < -0.39 is 0 Å². The number of hydrogen-bond acceptors (Lipinski definition) is 2. The van der Waals surface area contributed by atoms with Crippen molar-refractivity contribution in [1.82, 2.24) is 4.90 Å². The lowest BCUT2D eigenvalue weighted by Gasteiger charge is -2.13. The summed E-state index contributed by atoms with van der Waals surface area (Å²) in [6.45, 7) is 4.02. The Morgan fingerprint density at radius 1 is 1.19 bits per heavy atom. The van der Waals surface area contributed by atoms with Gasteiger partial charge in [0.15, 0.2) is 0 Å². The molecule has 2 rings (SSSR count). The average Bonchev–Trinajstić information content (AvgIpc) is 2.29. The number of anilines is 1. The Morgan fingerprint density at radius 2 is 1.81 bits per heavy atom. The van der Waals surface area contributed by atoms with Gasteiger partial charge in [0.1, 0.15) is 0 Å². The number of likely N-dealkylation sites (N-methyl/N-ethyl adjacent to an activating group) is 1. The molecule has 0 atom stereocenters. The summed E-state index contributed by atoms with van der Waals surface area (Å²) in [4.78, 5) is 24.9. The van der Waals surface area contributed by atoms with Crippen LogP contribution in [-0.2, 0) is 4.79 Å². The number of aryl methyl sites for hydroxylation is 2. The third-order valence-electron chi connectivity index (χ3n) is 2.87. The quantitative estimate of drug-likeness (QED) is 0.714. The molecular formula is C12H14N2O2. The van der Waals surface area contributed by atoms with Gasteiger partial charge in [-0.15, -0.1) is 0 Å². The van der Waals surface area contributed by atoms with Crippen LogP contribution in [0.1, 0.15) is 21.5 Å². The summed E-state index contributed by atoms with van der Waals surface area (Å²) < 4.78 is 0. The Bertz CT molecular complexity index is 480. The van der Waals surface area contributed by atoms with Crippen molar-refractivity contribution in [3.05, 3.63) is 28.8 Å². The van der Waals surface area contributed by atoms with Gasteiger partial charge < -0.3 is 10.2 Å². The highest BCUT2D eigenvalue weighted by molar-refractivity contribution is 6.08. The van der Waals surface area contributed by atoms with Crippen molar-refractivity contribution in [3.63, 3.8) is 0 Å². The van der Waals surface area contributed by atoms with Crippen LogP contribution in [0.2, 0.25) is 0 Å². The van der Waals surface area contributed by atoms with Gasteiger partial charge in [0.2, 0.25) is 5.91 Å². The fourth-order valence-electron chi connectivity index (χ4n) is 1.78. The molecule has 1 heterocycles. The Balaban J connectivity index is 2.60. The Labute approximate surface area is 94.2 Å². The van der Waals surface area contributed by atoms with E-state index in [-0.39, 0.29) is 18.4 Å². The normalized spacial score (nSPS) is 15.6. The first-order valence-electron chi connectivity index (χ1n) is 5.15. The number of nitrogens with one attached hydrogen (secondary N) is 1. The summed E-state index contributed by atoms with van der Waals surface area (Å²) >= 11 is 0. The maximum absolute atomic E-state index is 12.0. The lowest BCUT2D eigenvalue weighted by molar-refractivity contribution is -0.116. The highest BCUT2D eigenvalue weighted by atomic mass is 16.2. The number of hydrogen-bond donors (Lipinski definition) is 1. The summed E-state index contributed by atoms with van der Waals surface area (Å²) in [5.74, 6) is -0.269. The molecule has 4 heteroatoms. The number of amides is 2. The monoisotopic (exact) mass is 218 g/mol. The minimum absolute atomic E-state index is 0.103. The molecule has 0 aliphatic carbocycles. The van der Waals surface area contributed by atoms with Gasteiger partial charge in [-0.3, -0.25) is 9.59 Å². The van der Waals surface area contributed by atoms with Crippen molar-refractivity contribution in [2.75, 3.05) is 18.9 Å². The first-order chi connectivity index (χ1) is 7.49. The zero-order chi connectivity index (χ0) is 11.9. The molecule has 0 saturated heterocycles. The third-order valence-corrected chi connectivity index (χ3v) is 2.87. The van der Waals surface area contributed by atoms with Crippen LogP contribution in [0.4, 0.5) is 5.69 Å². The predicted octanol–water partition coefficient (Wildman–Crippen LogP) is 1.33. The molecule has 1 N–H and O–H groups in total. The van der Waals surface area contributed by atoms with Gasteiger partial charge in [-0.1, -0.05) is 0 Å². The van der Waals surface area contributed by atoms with Crippen molar-refractivity contribution in [3.8, 4) is 0 Å². The summed E-state index contributed by atoms with van der Waals surface area (Å²) in [5, 5.41) is 2.75. The average molecular weight is 218 g/mol. The first kappa shape index (κ1) is 10.7. The molecule has 1 aromatic rings. The molecule has 1 aromatic carbocycles. The molecule has 1 aliphatic rings. The van der Waals surface area contributed by atoms with Crippen LogP contribution in [0.3, 0.4) is 0 Å². The Kier molecular flexibility index (Phi) is 2.42. The van der Waals surface area contributed by atoms with Crippen molar-refractivity contribution in [2.45, 2.75) is 13.8 Å². The lowest BCUT2D eigenvalue weighted by atomic mass is 10.0. The van der Waals surface area contributed by atoms with E-state index in [1.165, 1.54) is 4.90 Å². The van der Waals surface area contributed by atoms with Crippen LogP contribution in [0.5, 0.6) is 0 Å². The standard InChI is InChI=1S/C12H14N2O2/c1-7-4-9-10(5-8(7)2)13-11(15)6-14(3)12(9)16/h4-5H,6H2,1-3H3,(H,13,15). The molecule has 0 spiro atoms. The second kappa shape index (κ2) is 3.63. The van der Waals surface area contributed by atoms with E-state index in [4.69, 9.17) is 0 Å². The minimum atomic E-state index is -0.155. The minimum Gasteiger partial charge on any atom is -0.332 e. The second-order valence-electron chi connectivity index (χ2n) is 4.19. The van der Waals surface area contributed by atoms with E-state index in [1.54, 1.807) is 7.05 Å². The lowest BCUT2D eigenvalue weighted by Crippen LogP contribution is -2.31. The van der Waals surface area contributed by atoms with Gasteiger partial charge in [-0.2, -0.15) is 0 Å². The molecule has 0 saturated carbocycles. The number of benzene rings is 1. The van der Waals surface area contributed by atoms with Crippen molar-refractivity contribution >= 4 is 17.5 Å². The van der Waals surface area contributed by atoms with Crippen molar-refractivity contribution < 1.29 is 9.59 Å². The number of nitrogens with zero attached hydrogens (tertiary/aromatic N) is 1. The topological polar surface area (TPSA) is 49.4 Å². The van der Waals surface area contributed by atoms with Crippen molar-refractivity contribution in [1.29, 1.82) is 0 Å². The maximum atomic E-state index is 12.0. The predicted molar refractivity (Wildman–Crippen MR) is 61.5 cm³/mol. The van der Waals surface area contributed by atoms with E-state index in [9.17, 15) is 9.59 Å². The molecule has 0 fully saturated rings. The number of fused-ring (bicyclic) bond motifs is 1. The number of carbonyl (C=O) groups excluding carboxylic acids is 2. The largest absolute Gasteiger partial charge is 0.332 e. The highest BCUT2D eigenvalue weighted by Crippen LogP contribution is 2.24. The molecule has 2 amide bonds. The molecule has 0 radical (unpaired) electrons. The molecule has 1 aliphatic heterocycles. The molecule has 0 bridgehead atoms. The van der Waals surface area contributed by atoms with E-state index in [2.05, 4.69) is 5.32 Å². The van der Waals surface area contributed by atoms with Gasteiger partial charge in [-0.05, 0) is 37.1 Å². The van der Waals surface area contributed by atoms with Gasteiger partial charge in [-0.25, -0.2) is 0 Å². The zero-order valence-corrected chi connectivity index (χ0v) is 9.63. The van der Waals surface area contributed by atoms with Crippen LogP contribution < -0.4 is 5.32 Å². The first-order valence-corrected chi connectivity index (χ1v) is 5.15. The van der Waals surface area contributed by atoms with Crippen LogP contribution in [-0.4, -0.2) is 30.3 Å². The van der Waals surface area contributed by atoms with E-state index >= 15 is 0 Å². The van der Waals surface area contributed by atoms with E-state index in [0.29, 0.717) is 11.3 Å². The van der Waals surface area contributed by atoms with Crippen molar-refractivity contribution in [2.24, 2.45) is 0 Å². The summed E-state index contributed by atoms with van der Waals surface area (Å²) in [6.07, 6.45) is 0. The van der Waals surface area contributed by atoms with Crippen LogP contribution >= 0.6 is 0 Å². The molecule has 16 heavy (non-hydrogen) atoms. The highest BCUT2D eigenvalue weighted by Gasteiger charge is 2.23. The fourth-order valence-corrected chi connectivity index (χ4v) is 1.78. The molecule has 84 valence electrons. The van der Waals surface area contributed by atoms with Crippen LogP contribution in [0.15, 0.2) is 12.1 Å². The van der Waals surface area contributed by atoms with Crippen LogP contribution in [0, 0.1) is 13.8 Å². The van der Waals surface area contributed by atoms with Gasteiger partial charge >= 0.3 is 0 Å². The van der Waals surface area contributed by atoms with E-state index in [1.807, 2.05) is 26.0 Å². The SMILES string of the molecule is Cc1cc2c(cc1C)C(=O)N(C)CC(=O)N2. The summed E-state index contributed by atoms with van der Waals surface area (Å²) in [6, 6.07) is 3.68. The van der Waals surface area contributed by atoms with E-state index in [0.717, 1.165) is 11.1 Å².